The predicted octanol–water partition coefficient (Wildman–Crippen LogP) is 1.49. The van der Waals surface area contributed by atoms with Gasteiger partial charge in [0.15, 0.2) is 0 Å². The van der Waals surface area contributed by atoms with Crippen molar-refractivity contribution in [3.8, 4) is 0 Å². The Morgan fingerprint density at radius 1 is 1.33 bits per heavy atom. The maximum Gasteiger partial charge on any atom is 0.0431 e. The lowest BCUT2D eigenvalue weighted by Crippen LogP contribution is -2.28. The van der Waals surface area contributed by atoms with Gasteiger partial charge < -0.3 is 10.4 Å². The Hall–Kier alpha value is 0.270. The molecule has 0 aromatic carbocycles. The van der Waals surface area contributed by atoms with Crippen molar-refractivity contribution >= 4 is 11.8 Å². The van der Waals surface area contributed by atoms with Crippen LogP contribution in [0.15, 0.2) is 0 Å². The van der Waals surface area contributed by atoms with Gasteiger partial charge in [-0.15, -0.1) is 0 Å². The molecule has 2 N–H and O–H groups in total. The van der Waals surface area contributed by atoms with Crippen LogP contribution in [-0.2, 0) is 0 Å². The monoisotopic (exact) mass is 191 g/mol. The average molecular weight is 191 g/mol. The highest BCUT2D eigenvalue weighted by Gasteiger charge is 1.97. The molecule has 0 rings (SSSR count). The predicted molar refractivity (Wildman–Crippen MR) is 56.8 cm³/mol. The molecule has 0 aliphatic carbocycles. The molecule has 0 spiro atoms. The van der Waals surface area contributed by atoms with E-state index in [1.54, 1.807) is 0 Å². The molecule has 2 nitrogen and oxygen atoms in total. The maximum absolute atomic E-state index is 8.54. The van der Waals surface area contributed by atoms with E-state index in [4.69, 9.17) is 5.11 Å². The molecule has 3 heteroatoms. The van der Waals surface area contributed by atoms with Gasteiger partial charge in [0.1, 0.15) is 0 Å². The first kappa shape index (κ1) is 12.3. The van der Waals surface area contributed by atoms with E-state index in [0.29, 0.717) is 12.6 Å². The van der Waals surface area contributed by atoms with E-state index in [0.717, 1.165) is 19.4 Å². The molecule has 74 valence electrons. The van der Waals surface area contributed by atoms with Crippen molar-refractivity contribution in [3.63, 3.8) is 0 Å². The van der Waals surface area contributed by atoms with Gasteiger partial charge in [0, 0.05) is 18.4 Å². The van der Waals surface area contributed by atoms with Gasteiger partial charge in [0.2, 0.25) is 0 Å². The van der Waals surface area contributed by atoms with Gasteiger partial charge in [-0.2, -0.15) is 11.8 Å². The van der Waals surface area contributed by atoms with Crippen LogP contribution in [0.1, 0.15) is 26.2 Å². The number of unbranched alkanes of at least 4 members (excludes halogenated alkanes) is 2. The summed E-state index contributed by atoms with van der Waals surface area (Å²) in [6.07, 6.45) is 5.39. The third-order valence-corrected chi connectivity index (χ3v) is 2.58. The summed E-state index contributed by atoms with van der Waals surface area (Å²) in [6, 6.07) is 0.620. The van der Waals surface area contributed by atoms with Gasteiger partial charge >= 0.3 is 0 Å². The van der Waals surface area contributed by atoms with Crippen LogP contribution in [0.5, 0.6) is 0 Å². The van der Waals surface area contributed by atoms with Crippen LogP contribution in [-0.4, -0.2) is 36.3 Å². The highest BCUT2D eigenvalue weighted by molar-refractivity contribution is 7.98. The summed E-state index contributed by atoms with van der Waals surface area (Å²) in [4.78, 5) is 0. The van der Waals surface area contributed by atoms with E-state index >= 15 is 0 Å². The van der Waals surface area contributed by atoms with Gasteiger partial charge in [-0.1, -0.05) is 0 Å². The summed E-state index contributed by atoms with van der Waals surface area (Å²) in [6.45, 7) is 3.63. The molecule has 12 heavy (non-hydrogen) atoms. The van der Waals surface area contributed by atoms with Crippen molar-refractivity contribution in [1.82, 2.24) is 5.32 Å². The fraction of sp³-hybridized carbons (Fsp3) is 1.00. The van der Waals surface area contributed by atoms with Crippen LogP contribution in [0.25, 0.3) is 0 Å². The summed E-state index contributed by atoms with van der Waals surface area (Å²) in [5, 5.41) is 12.0. The minimum atomic E-state index is 0.334. The highest BCUT2D eigenvalue weighted by atomic mass is 32.2. The first-order valence-corrected chi connectivity index (χ1v) is 6.03. The lowest BCUT2D eigenvalue weighted by atomic mass is 10.2. The zero-order valence-corrected chi connectivity index (χ0v) is 8.99. The summed E-state index contributed by atoms with van der Waals surface area (Å²) < 4.78 is 0. The second-order valence-electron chi connectivity index (χ2n) is 3.09. The van der Waals surface area contributed by atoms with Crippen molar-refractivity contribution in [2.75, 3.05) is 25.2 Å². The van der Waals surface area contributed by atoms with Crippen LogP contribution in [0.3, 0.4) is 0 Å². The largest absolute Gasteiger partial charge is 0.396 e. The third-order valence-electron chi connectivity index (χ3n) is 1.74. The Balaban J connectivity index is 2.97. The SMILES string of the molecule is CSCC(C)NCCCCCO. The molecule has 0 aromatic rings. The lowest BCUT2D eigenvalue weighted by Gasteiger charge is -2.11. The summed E-state index contributed by atoms with van der Waals surface area (Å²) >= 11 is 1.88. The van der Waals surface area contributed by atoms with Crippen molar-refractivity contribution in [3.05, 3.63) is 0 Å². The van der Waals surface area contributed by atoms with Gasteiger partial charge in [-0.25, -0.2) is 0 Å². The van der Waals surface area contributed by atoms with E-state index in [1.807, 2.05) is 11.8 Å². The van der Waals surface area contributed by atoms with E-state index in [1.165, 1.54) is 12.2 Å². The van der Waals surface area contributed by atoms with E-state index in [2.05, 4.69) is 18.5 Å². The van der Waals surface area contributed by atoms with E-state index < -0.39 is 0 Å². The van der Waals surface area contributed by atoms with Crippen molar-refractivity contribution in [1.29, 1.82) is 0 Å². The fourth-order valence-corrected chi connectivity index (χ4v) is 1.69. The molecule has 0 saturated heterocycles. The minimum absolute atomic E-state index is 0.334. The van der Waals surface area contributed by atoms with Crippen LogP contribution in [0, 0.1) is 0 Å². The summed E-state index contributed by atoms with van der Waals surface area (Å²) in [7, 11) is 0. The first-order chi connectivity index (χ1) is 5.81. The third kappa shape index (κ3) is 8.37. The van der Waals surface area contributed by atoms with Crippen LogP contribution < -0.4 is 5.32 Å². The van der Waals surface area contributed by atoms with Crippen molar-refractivity contribution in [2.45, 2.75) is 32.2 Å². The number of aliphatic hydroxyl groups excluding tert-OH is 1. The molecule has 0 fully saturated rings. The van der Waals surface area contributed by atoms with Crippen molar-refractivity contribution in [2.24, 2.45) is 0 Å². The maximum atomic E-state index is 8.54. The zero-order valence-electron chi connectivity index (χ0n) is 8.18. The number of rotatable bonds is 8. The molecule has 0 radical (unpaired) electrons. The topological polar surface area (TPSA) is 32.3 Å². The molecule has 0 aliphatic rings. The van der Waals surface area contributed by atoms with E-state index in [-0.39, 0.29) is 0 Å². The molecule has 1 atom stereocenters. The second kappa shape index (κ2) is 9.36. The number of aliphatic hydroxyl groups is 1. The number of thioether (sulfide) groups is 1. The standard InChI is InChI=1S/C9H21NOS/c1-9(8-12-2)10-6-4-3-5-7-11/h9-11H,3-8H2,1-2H3. The number of nitrogens with one attached hydrogen (secondary N) is 1. The molecule has 0 aromatic heterocycles. The van der Waals surface area contributed by atoms with Crippen LogP contribution >= 0.6 is 11.8 Å². The molecule has 0 saturated carbocycles. The fourth-order valence-electron chi connectivity index (χ4n) is 1.07. The first-order valence-electron chi connectivity index (χ1n) is 4.64. The molecule has 0 aliphatic heterocycles. The van der Waals surface area contributed by atoms with Crippen LogP contribution in [0.4, 0.5) is 0 Å². The molecule has 0 amide bonds. The molecular weight excluding hydrogens is 170 g/mol. The Bertz CT molecular complexity index is 90.6. The van der Waals surface area contributed by atoms with Gasteiger partial charge in [0.05, 0.1) is 0 Å². The summed E-state index contributed by atoms with van der Waals surface area (Å²) in [5.74, 6) is 1.18. The smallest absolute Gasteiger partial charge is 0.0431 e. The Kier molecular flexibility index (Phi) is 9.57. The number of hydrogen-bond donors (Lipinski definition) is 2. The van der Waals surface area contributed by atoms with Gasteiger partial charge in [-0.3, -0.25) is 0 Å². The highest BCUT2D eigenvalue weighted by Crippen LogP contribution is 1.97. The van der Waals surface area contributed by atoms with E-state index in [9.17, 15) is 0 Å². The summed E-state index contributed by atoms with van der Waals surface area (Å²) in [5.41, 5.74) is 0. The molecule has 0 heterocycles. The lowest BCUT2D eigenvalue weighted by molar-refractivity contribution is 0.282. The normalized spacial score (nSPS) is 13.2. The Morgan fingerprint density at radius 2 is 2.08 bits per heavy atom. The Morgan fingerprint density at radius 3 is 2.67 bits per heavy atom. The molecule has 1 unspecified atom stereocenters. The van der Waals surface area contributed by atoms with Gasteiger partial charge in [-0.05, 0) is 39.0 Å². The second-order valence-corrected chi connectivity index (χ2v) is 4.01. The quantitative estimate of drug-likeness (QED) is 0.570. The zero-order chi connectivity index (χ0) is 9.23. The number of hydrogen-bond acceptors (Lipinski definition) is 3. The van der Waals surface area contributed by atoms with Crippen LogP contribution in [0.2, 0.25) is 0 Å². The Labute approximate surface area is 80.1 Å². The van der Waals surface area contributed by atoms with Crippen molar-refractivity contribution < 1.29 is 5.11 Å². The minimum Gasteiger partial charge on any atom is -0.396 e. The average Bonchev–Trinajstić information content (AvgIpc) is 2.05. The molecular formula is C9H21NOS. The molecule has 0 bridgehead atoms. The van der Waals surface area contributed by atoms with Gasteiger partial charge in [0.25, 0.3) is 0 Å².